The van der Waals surface area contributed by atoms with Gasteiger partial charge in [0.05, 0.1) is 6.61 Å². The number of carbonyl (C=O) groups is 2. The van der Waals surface area contributed by atoms with Crippen molar-refractivity contribution in [1.82, 2.24) is 10.2 Å². The van der Waals surface area contributed by atoms with Crippen molar-refractivity contribution in [2.24, 2.45) is 0 Å². The Kier molecular flexibility index (Phi) is 6.21. The van der Waals surface area contributed by atoms with Crippen LogP contribution in [0.15, 0.2) is 24.3 Å². The van der Waals surface area contributed by atoms with Gasteiger partial charge >= 0.3 is 0 Å². The summed E-state index contributed by atoms with van der Waals surface area (Å²) in [4.78, 5) is 25.7. The topological polar surface area (TPSA) is 70.7 Å². The number of hydrogen-bond donors (Lipinski definition) is 2. The molecule has 0 aromatic heterocycles. The second kappa shape index (κ2) is 8.38. The lowest BCUT2D eigenvalue weighted by Gasteiger charge is -2.27. The molecule has 0 bridgehead atoms. The van der Waals surface area contributed by atoms with Crippen molar-refractivity contribution in [1.29, 1.82) is 0 Å². The molecule has 6 heteroatoms. The van der Waals surface area contributed by atoms with Crippen LogP contribution in [0.4, 0.5) is 5.69 Å². The van der Waals surface area contributed by atoms with Crippen molar-refractivity contribution in [3.8, 4) is 5.75 Å². The van der Waals surface area contributed by atoms with Crippen LogP contribution in [-0.4, -0.2) is 49.5 Å². The van der Waals surface area contributed by atoms with Crippen molar-refractivity contribution >= 4 is 17.5 Å². The van der Waals surface area contributed by atoms with E-state index < -0.39 is 0 Å². The van der Waals surface area contributed by atoms with Gasteiger partial charge < -0.3 is 20.3 Å². The molecule has 1 aliphatic heterocycles. The smallest absolute Gasteiger partial charge is 0.224 e. The van der Waals surface area contributed by atoms with Gasteiger partial charge in [-0.05, 0) is 31.2 Å². The minimum Gasteiger partial charge on any atom is -0.494 e. The number of anilines is 1. The van der Waals surface area contributed by atoms with Crippen molar-refractivity contribution in [3.63, 3.8) is 0 Å². The predicted molar refractivity (Wildman–Crippen MR) is 84.9 cm³/mol. The van der Waals surface area contributed by atoms with Crippen LogP contribution >= 0.6 is 0 Å². The summed E-state index contributed by atoms with van der Waals surface area (Å²) in [6.07, 6.45) is 0.457. The summed E-state index contributed by atoms with van der Waals surface area (Å²) in [6, 6.07) is 7.21. The Bertz CT molecular complexity index is 496. The van der Waals surface area contributed by atoms with Gasteiger partial charge in [0.2, 0.25) is 11.8 Å². The molecule has 2 rings (SSSR count). The molecule has 0 atom stereocenters. The molecular formula is C16H23N3O3. The van der Waals surface area contributed by atoms with Gasteiger partial charge in [0.15, 0.2) is 0 Å². The first-order valence-corrected chi connectivity index (χ1v) is 7.70. The Morgan fingerprint density at radius 1 is 1.18 bits per heavy atom. The number of rotatable bonds is 6. The lowest BCUT2D eigenvalue weighted by Crippen LogP contribution is -2.46. The number of benzene rings is 1. The second-order valence-electron chi connectivity index (χ2n) is 5.14. The quantitative estimate of drug-likeness (QED) is 0.829. The SMILES string of the molecule is CCOc1ccc(NC(=O)CCC(=O)N2CCNCC2)cc1. The van der Waals surface area contributed by atoms with Gasteiger partial charge in [-0.3, -0.25) is 9.59 Å². The number of piperazine rings is 1. The Balaban J connectivity index is 1.73. The van der Waals surface area contributed by atoms with Crippen LogP contribution in [-0.2, 0) is 9.59 Å². The molecule has 120 valence electrons. The van der Waals surface area contributed by atoms with E-state index in [1.54, 1.807) is 17.0 Å². The first-order chi connectivity index (χ1) is 10.7. The third kappa shape index (κ3) is 5.04. The zero-order chi connectivity index (χ0) is 15.8. The Morgan fingerprint density at radius 2 is 1.86 bits per heavy atom. The summed E-state index contributed by atoms with van der Waals surface area (Å²) < 4.78 is 5.34. The van der Waals surface area contributed by atoms with Gasteiger partial charge in [-0.15, -0.1) is 0 Å². The largest absolute Gasteiger partial charge is 0.494 e. The van der Waals surface area contributed by atoms with E-state index in [1.807, 2.05) is 19.1 Å². The molecule has 1 aromatic carbocycles. The minimum atomic E-state index is -0.146. The number of nitrogens with zero attached hydrogens (tertiary/aromatic N) is 1. The van der Waals surface area contributed by atoms with Gasteiger partial charge in [-0.2, -0.15) is 0 Å². The van der Waals surface area contributed by atoms with Crippen LogP contribution in [0, 0.1) is 0 Å². The van der Waals surface area contributed by atoms with Crippen LogP contribution in [0.1, 0.15) is 19.8 Å². The summed E-state index contributed by atoms with van der Waals surface area (Å²) in [5.41, 5.74) is 0.711. The van der Waals surface area contributed by atoms with Crippen LogP contribution < -0.4 is 15.4 Å². The second-order valence-corrected chi connectivity index (χ2v) is 5.14. The highest BCUT2D eigenvalue weighted by Crippen LogP contribution is 2.16. The number of hydrogen-bond acceptors (Lipinski definition) is 4. The van der Waals surface area contributed by atoms with E-state index >= 15 is 0 Å². The maximum atomic E-state index is 12.0. The highest BCUT2D eigenvalue weighted by molar-refractivity contribution is 5.93. The van der Waals surface area contributed by atoms with Gasteiger partial charge in [-0.1, -0.05) is 0 Å². The molecule has 1 fully saturated rings. The van der Waals surface area contributed by atoms with Crippen molar-refractivity contribution < 1.29 is 14.3 Å². The number of carbonyl (C=O) groups excluding carboxylic acids is 2. The third-order valence-corrected chi connectivity index (χ3v) is 3.48. The van der Waals surface area contributed by atoms with E-state index in [4.69, 9.17) is 4.74 Å². The van der Waals surface area contributed by atoms with E-state index in [0.29, 0.717) is 12.3 Å². The lowest BCUT2D eigenvalue weighted by atomic mass is 10.2. The van der Waals surface area contributed by atoms with E-state index in [1.165, 1.54) is 0 Å². The number of amides is 2. The lowest BCUT2D eigenvalue weighted by molar-refractivity contribution is -0.133. The summed E-state index contributed by atoms with van der Waals surface area (Å²) in [5, 5.41) is 5.99. The fourth-order valence-corrected chi connectivity index (χ4v) is 2.32. The molecule has 0 saturated carbocycles. The molecule has 0 aliphatic carbocycles. The van der Waals surface area contributed by atoms with Crippen molar-refractivity contribution in [2.75, 3.05) is 38.1 Å². The molecule has 1 aliphatic rings. The van der Waals surface area contributed by atoms with E-state index in [0.717, 1.165) is 31.9 Å². The van der Waals surface area contributed by atoms with Crippen molar-refractivity contribution in [2.45, 2.75) is 19.8 Å². The molecule has 0 radical (unpaired) electrons. The van der Waals surface area contributed by atoms with Crippen LogP contribution in [0.3, 0.4) is 0 Å². The van der Waals surface area contributed by atoms with Gasteiger partial charge in [0.1, 0.15) is 5.75 Å². The first-order valence-electron chi connectivity index (χ1n) is 7.70. The molecule has 2 amide bonds. The fourth-order valence-electron chi connectivity index (χ4n) is 2.32. The van der Waals surface area contributed by atoms with E-state index in [9.17, 15) is 9.59 Å². The summed E-state index contributed by atoms with van der Waals surface area (Å²) >= 11 is 0. The molecule has 1 aromatic rings. The predicted octanol–water partition coefficient (Wildman–Crippen LogP) is 1.24. The molecule has 1 saturated heterocycles. The molecular weight excluding hydrogens is 282 g/mol. The Hall–Kier alpha value is -2.08. The molecule has 0 spiro atoms. The maximum absolute atomic E-state index is 12.0. The third-order valence-electron chi connectivity index (χ3n) is 3.48. The van der Waals surface area contributed by atoms with E-state index in [-0.39, 0.29) is 24.7 Å². The Labute approximate surface area is 130 Å². The standard InChI is InChI=1S/C16H23N3O3/c1-2-22-14-5-3-13(4-6-14)18-15(20)7-8-16(21)19-11-9-17-10-12-19/h3-6,17H,2,7-12H2,1H3,(H,18,20). The average molecular weight is 305 g/mol. The minimum absolute atomic E-state index is 0.0448. The van der Waals surface area contributed by atoms with Crippen LogP contribution in [0.5, 0.6) is 5.75 Å². The molecule has 6 nitrogen and oxygen atoms in total. The summed E-state index contributed by atoms with van der Waals surface area (Å²) in [5.74, 6) is 0.672. The van der Waals surface area contributed by atoms with Gasteiger partial charge in [-0.25, -0.2) is 0 Å². The van der Waals surface area contributed by atoms with Crippen LogP contribution in [0.2, 0.25) is 0 Å². The number of nitrogens with one attached hydrogen (secondary N) is 2. The molecule has 0 unspecified atom stereocenters. The molecule has 2 N–H and O–H groups in total. The number of ether oxygens (including phenoxy) is 1. The maximum Gasteiger partial charge on any atom is 0.224 e. The van der Waals surface area contributed by atoms with Crippen molar-refractivity contribution in [3.05, 3.63) is 24.3 Å². The average Bonchev–Trinajstić information content (AvgIpc) is 2.55. The highest BCUT2D eigenvalue weighted by Gasteiger charge is 2.16. The van der Waals surface area contributed by atoms with E-state index in [2.05, 4.69) is 10.6 Å². The van der Waals surface area contributed by atoms with Crippen LogP contribution in [0.25, 0.3) is 0 Å². The summed E-state index contributed by atoms with van der Waals surface area (Å²) in [6.45, 7) is 5.62. The van der Waals surface area contributed by atoms with Gasteiger partial charge in [0, 0.05) is 44.7 Å². The first kappa shape index (κ1) is 16.3. The highest BCUT2D eigenvalue weighted by atomic mass is 16.5. The summed E-state index contributed by atoms with van der Waals surface area (Å²) in [7, 11) is 0. The Morgan fingerprint density at radius 3 is 2.50 bits per heavy atom. The zero-order valence-corrected chi connectivity index (χ0v) is 12.9. The molecule has 22 heavy (non-hydrogen) atoms. The monoisotopic (exact) mass is 305 g/mol. The normalized spacial score (nSPS) is 14.5. The zero-order valence-electron chi connectivity index (χ0n) is 12.9. The van der Waals surface area contributed by atoms with Gasteiger partial charge in [0.25, 0.3) is 0 Å². The fraction of sp³-hybridized carbons (Fsp3) is 0.500. The molecule has 1 heterocycles.